The largest absolute Gasteiger partial charge is 0.466 e. The molecule has 0 aromatic carbocycles. The number of aliphatic hydroxyl groups is 3. The lowest BCUT2D eigenvalue weighted by Gasteiger charge is -2.50. The molecule has 6 atom stereocenters. The number of ether oxygens (including phenoxy) is 3. The molecule has 0 unspecified atom stereocenters. The number of hydrogen-bond acceptors (Lipinski definition) is 9. The Labute approximate surface area is 187 Å². The number of hydrogen-bond donors (Lipinski definition) is 3. The van der Waals surface area contributed by atoms with Crippen LogP contribution in [0.15, 0.2) is 49.1 Å². The van der Waals surface area contributed by atoms with Gasteiger partial charge in [0, 0.05) is 18.4 Å². The van der Waals surface area contributed by atoms with E-state index in [1.165, 1.54) is 0 Å². The van der Waals surface area contributed by atoms with E-state index in [4.69, 9.17) is 9.47 Å². The normalized spacial score (nSPS) is 28.1. The first kappa shape index (κ1) is 27.3. The fourth-order valence-corrected chi connectivity index (χ4v) is 3.98. The maximum absolute atomic E-state index is 12.6. The summed E-state index contributed by atoms with van der Waals surface area (Å²) >= 11 is 0. The molecular formula is C23H32O9. The molecule has 1 rings (SSSR count). The third kappa shape index (κ3) is 5.93. The van der Waals surface area contributed by atoms with Gasteiger partial charge < -0.3 is 29.5 Å². The van der Waals surface area contributed by atoms with Gasteiger partial charge in [-0.25, -0.2) is 9.59 Å². The molecule has 9 nitrogen and oxygen atoms in total. The predicted octanol–water partition coefficient (Wildman–Crippen LogP) is 0.845. The summed E-state index contributed by atoms with van der Waals surface area (Å²) in [4.78, 5) is 35.8. The first-order chi connectivity index (χ1) is 14.8. The van der Waals surface area contributed by atoms with Crippen LogP contribution in [0.4, 0.5) is 0 Å². The number of carbonyl (C=O) groups is 3. The van der Waals surface area contributed by atoms with E-state index < -0.39 is 66.7 Å². The van der Waals surface area contributed by atoms with Crippen molar-refractivity contribution in [2.45, 2.75) is 38.6 Å². The third-order valence-electron chi connectivity index (χ3n) is 5.79. The molecule has 0 aromatic heterocycles. The van der Waals surface area contributed by atoms with Crippen molar-refractivity contribution in [3.05, 3.63) is 49.1 Å². The second-order valence-electron chi connectivity index (χ2n) is 8.03. The van der Waals surface area contributed by atoms with E-state index in [1.807, 2.05) is 0 Å². The molecular weight excluding hydrogens is 420 g/mol. The van der Waals surface area contributed by atoms with Crippen LogP contribution >= 0.6 is 0 Å². The van der Waals surface area contributed by atoms with Gasteiger partial charge in [0.2, 0.25) is 0 Å². The van der Waals surface area contributed by atoms with Gasteiger partial charge in [-0.05, 0) is 17.4 Å². The molecule has 0 amide bonds. The summed E-state index contributed by atoms with van der Waals surface area (Å²) in [5.41, 5.74) is -1.06. The number of carbonyl (C=O) groups excluding carboxylic acids is 3. The Hall–Kier alpha value is -2.75. The minimum absolute atomic E-state index is 0.0942. The van der Waals surface area contributed by atoms with Crippen LogP contribution in [0.2, 0.25) is 0 Å². The topological polar surface area (TPSA) is 140 Å². The highest BCUT2D eigenvalue weighted by molar-refractivity contribution is 5.90. The maximum atomic E-state index is 12.6. The third-order valence-corrected chi connectivity index (χ3v) is 5.79. The highest BCUT2D eigenvalue weighted by Gasteiger charge is 2.53. The summed E-state index contributed by atoms with van der Waals surface area (Å²) in [6.07, 6.45) is -2.25. The van der Waals surface area contributed by atoms with Crippen LogP contribution in [-0.4, -0.2) is 71.9 Å². The summed E-state index contributed by atoms with van der Waals surface area (Å²) in [5.74, 6) is -4.27. The Morgan fingerprint density at radius 3 is 2.28 bits per heavy atom. The molecule has 0 bridgehead atoms. The van der Waals surface area contributed by atoms with Gasteiger partial charge in [0.25, 0.3) is 0 Å². The monoisotopic (exact) mass is 452 g/mol. The van der Waals surface area contributed by atoms with Gasteiger partial charge in [-0.15, -0.1) is 6.58 Å². The van der Waals surface area contributed by atoms with Crippen molar-refractivity contribution in [3.8, 4) is 0 Å². The first-order valence-corrected chi connectivity index (χ1v) is 9.93. The maximum Gasteiger partial charge on any atom is 0.336 e. The minimum atomic E-state index is -1.50. The fourth-order valence-electron chi connectivity index (χ4n) is 3.98. The standard InChI is InChI=1S/C23H32O9/c1-8-23(6)9-17(32-22(29)13(3)16(26)11-31-15(5)25)18(14(4)21(28)30-7)20(27)19(23)12(2)10-24/h8,16-20,24,26-27H,1-4,9-11H2,5-7H3/t16-,17+,18-,19-,20-,23-/m1/s1. The lowest BCUT2D eigenvalue weighted by atomic mass is 9.58. The number of allylic oxidation sites excluding steroid dienone is 1. The summed E-state index contributed by atoms with van der Waals surface area (Å²) in [5, 5.41) is 30.8. The van der Waals surface area contributed by atoms with Crippen LogP contribution in [0.3, 0.4) is 0 Å². The average molecular weight is 453 g/mol. The highest BCUT2D eigenvalue weighted by atomic mass is 16.6. The van der Waals surface area contributed by atoms with Crippen molar-refractivity contribution in [3.63, 3.8) is 0 Å². The van der Waals surface area contributed by atoms with E-state index in [9.17, 15) is 29.7 Å². The summed E-state index contributed by atoms with van der Waals surface area (Å²) in [6, 6.07) is 0. The van der Waals surface area contributed by atoms with Gasteiger partial charge in [-0.2, -0.15) is 0 Å². The fraction of sp³-hybridized carbons (Fsp3) is 0.522. The zero-order chi connectivity index (χ0) is 24.8. The number of methoxy groups -OCH3 is 1. The number of aliphatic hydroxyl groups excluding tert-OH is 3. The Morgan fingerprint density at radius 1 is 1.22 bits per heavy atom. The lowest BCUT2D eigenvalue weighted by Crippen LogP contribution is -2.54. The van der Waals surface area contributed by atoms with Crippen molar-refractivity contribution in [2.24, 2.45) is 17.3 Å². The lowest BCUT2D eigenvalue weighted by molar-refractivity contribution is -0.163. The van der Waals surface area contributed by atoms with E-state index in [2.05, 4.69) is 31.1 Å². The summed E-state index contributed by atoms with van der Waals surface area (Å²) in [7, 11) is 1.15. The van der Waals surface area contributed by atoms with Crippen molar-refractivity contribution >= 4 is 17.9 Å². The molecule has 1 saturated carbocycles. The van der Waals surface area contributed by atoms with Gasteiger partial charge in [0.1, 0.15) is 18.8 Å². The molecule has 1 fully saturated rings. The highest BCUT2D eigenvalue weighted by Crippen LogP contribution is 2.50. The van der Waals surface area contributed by atoms with Crippen LogP contribution in [0.5, 0.6) is 0 Å². The smallest absolute Gasteiger partial charge is 0.336 e. The van der Waals surface area contributed by atoms with Gasteiger partial charge in [0.15, 0.2) is 0 Å². The SMILES string of the molecule is C=C[C@]1(C)C[C@H](OC(=O)C(=C)[C@H](O)COC(C)=O)[C@@H](C(=C)C(=O)OC)[C@@H](O)[C@H]1C(=C)CO. The van der Waals surface area contributed by atoms with Crippen LogP contribution in [0, 0.1) is 17.3 Å². The van der Waals surface area contributed by atoms with Crippen LogP contribution in [-0.2, 0) is 28.6 Å². The molecule has 1 aliphatic carbocycles. The molecule has 9 heteroatoms. The summed E-state index contributed by atoms with van der Waals surface area (Å²) < 4.78 is 14.9. The van der Waals surface area contributed by atoms with E-state index in [-0.39, 0.29) is 17.6 Å². The van der Waals surface area contributed by atoms with Crippen LogP contribution < -0.4 is 0 Å². The zero-order valence-corrected chi connectivity index (χ0v) is 18.7. The second kappa shape index (κ2) is 11.2. The Kier molecular flexibility index (Phi) is 9.56. The zero-order valence-electron chi connectivity index (χ0n) is 18.7. The van der Waals surface area contributed by atoms with Crippen molar-refractivity contribution in [1.29, 1.82) is 0 Å². The van der Waals surface area contributed by atoms with Crippen LogP contribution in [0.25, 0.3) is 0 Å². The Bertz CT molecular complexity index is 799. The van der Waals surface area contributed by atoms with Gasteiger partial charge in [-0.3, -0.25) is 4.79 Å². The average Bonchev–Trinajstić information content (AvgIpc) is 2.75. The molecule has 3 N–H and O–H groups in total. The molecule has 0 heterocycles. The summed E-state index contributed by atoms with van der Waals surface area (Å²) in [6.45, 7) is 16.8. The van der Waals surface area contributed by atoms with Crippen molar-refractivity contribution < 1.29 is 43.9 Å². The molecule has 1 aliphatic rings. The van der Waals surface area contributed by atoms with E-state index in [0.29, 0.717) is 5.57 Å². The Balaban J connectivity index is 3.28. The number of esters is 3. The predicted molar refractivity (Wildman–Crippen MR) is 115 cm³/mol. The first-order valence-electron chi connectivity index (χ1n) is 9.93. The van der Waals surface area contributed by atoms with Crippen molar-refractivity contribution in [1.82, 2.24) is 0 Å². The molecule has 32 heavy (non-hydrogen) atoms. The number of rotatable bonds is 10. The molecule has 0 aromatic rings. The van der Waals surface area contributed by atoms with Crippen LogP contribution in [0.1, 0.15) is 20.3 Å². The molecule has 0 aliphatic heterocycles. The van der Waals surface area contributed by atoms with Gasteiger partial charge in [-0.1, -0.05) is 32.7 Å². The Morgan fingerprint density at radius 2 is 1.81 bits per heavy atom. The van der Waals surface area contributed by atoms with E-state index >= 15 is 0 Å². The van der Waals surface area contributed by atoms with Crippen molar-refractivity contribution in [2.75, 3.05) is 20.3 Å². The molecule has 0 radical (unpaired) electrons. The van der Waals surface area contributed by atoms with E-state index in [1.54, 1.807) is 13.0 Å². The van der Waals surface area contributed by atoms with E-state index in [0.717, 1.165) is 14.0 Å². The van der Waals surface area contributed by atoms with Gasteiger partial charge in [0.05, 0.1) is 31.3 Å². The minimum Gasteiger partial charge on any atom is -0.466 e. The molecule has 0 saturated heterocycles. The van der Waals surface area contributed by atoms with Gasteiger partial charge >= 0.3 is 17.9 Å². The quantitative estimate of drug-likeness (QED) is 0.190. The molecule has 178 valence electrons. The molecule has 0 spiro atoms. The second-order valence-corrected chi connectivity index (χ2v) is 8.03.